The van der Waals surface area contributed by atoms with Gasteiger partial charge in [-0.25, -0.2) is 0 Å². The van der Waals surface area contributed by atoms with Gasteiger partial charge in [0.25, 0.3) is 0 Å². The van der Waals surface area contributed by atoms with Gasteiger partial charge in [0.05, 0.1) is 0 Å². The molecule has 0 aliphatic carbocycles. The van der Waals surface area contributed by atoms with Crippen molar-refractivity contribution >= 4 is 10.8 Å². The summed E-state index contributed by atoms with van der Waals surface area (Å²) in [5, 5.41) is 11.2. The third-order valence-electron chi connectivity index (χ3n) is 5.36. The molecular weight excluding hydrogens is 356 g/mol. The minimum atomic E-state index is -0.0531. The molecule has 0 aliphatic rings. The SMILES string of the molecule is CCC(Oc1nnc(-c2c(C)cc(C)cc2C)c2ccccc12)c1ccccc1. The first kappa shape index (κ1) is 19.1. The molecule has 0 radical (unpaired) electrons. The Morgan fingerprint density at radius 3 is 2.07 bits per heavy atom. The molecule has 0 saturated carbocycles. The normalized spacial score (nSPS) is 12.1. The van der Waals surface area contributed by atoms with E-state index in [9.17, 15) is 0 Å². The van der Waals surface area contributed by atoms with Crippen LogP contribution in [0, 0.1) is 20.8 Å². The van der Waals surface area contributed by atoms with Crippen molar-refractivity contribution in [2.75, 3.05) is 0 Å². The Bertz CT molecular complexity index is 1130. The molecule has 29 heavy (non-hydrogen) atoms. The summed E-state index contributed by atoms with van der Waals surface area (Å²) in [6, 6.07) is 22.9. The van der Waals surface area contributed by atoms with E-state index in [0.717, 1.165) is 34.0 Å². The Morgan fingerprint density at radius 1 is 0.793 bits per heavy atom. The summed E-state index contributed by atoms with van der Waals surface area (Å²) in [5.41, 5.74) is 6.90. The molecule has 0 amide bonds. The first-order valence-corrected chi connectivity index (χ1v) is 10.1. The van der Waals surface area contributed by atoms with Crippen molar-refractivity contribution < 1.29 is 4.74 Å². The Balaban J connectivity index is 1.83. The molecule has 0 aliphatic heterocycles. The highest BCUT2D eigenvalue weighted by Crippen LogP contribution is 2.36. The molecule has 146 valence electrons. The van der Waals surface area contributed by atoms with Crippen molar-refractivity contribution in [3.63, 3.8) is 0 Å². The van der Waals surface area contributed by atoms with E-state index in [1.165, 1.54) is 16.7 Å². The van der Waals surface area contributed by atoms with E-state index in [4.69, 9.17) is 4.74 Å². The predicted molar refractivity (Wildman–Crippen MR) is 119 cm³/mol. The number of hydrogen-bond donors (Lipinski definition) is 0. The van der Waals surface area contributed by atoms with Crippen LogP contribution in [-0.4, -0.2) is 10.2 Å². The van der Waals surface area contributed by atoms with E-state index < -0.39 is 0 Å². The van der Waals surface area contributed by atoms with Crippen LogP contribution in [-0.2, 0) is 0 Å². The summed E-state index contributed by atoms with van der Waals surface area (Å²) in [7, 11) is 0. The summed E-state index contributed by atoms with van der Waals surface area (Å²) < 4.78 is 6.36. The fraction of sp³-hybridized carbons (Fsp3) is 0.231. The maximum atomic E-state index is 6.36. The molecule has 0 spiro atoms. The van der Waals surface area contributed by atoms with Crippen LogP contribution in [0.25, 0.3) is 22.0 Å². The lowest BCUT2D eigenvalue weighted by Gasteiger charge is -2.19. The van der Waals surface area contributed by atoms with E-state index in [1.807, 2.05) is 30.3 Å². The van der Waals surface area contributed by atoms with Crippen LogP contribution in [0.1, 0.15) is 41.7 Å². The molecule has 3 nitrogen and oxygen atoms in total. The average molecular weight is 383 g/mol. The quantitative estimate of drug-likeness (QED) is 0.383. The van der Waals surface area contributed by atoms with Crippen molar-refractivity contribution in [3.8, 4) is 17.1 Å². The summed E-state index contributed by atoms with van der Waals surface area (Å²) in [5.74, 6) is 0.586. The van der Waals surface area contributed by atoms with Gasteiger partial charge in [-0.05, 0) is 49.9 Å². The standard InChI is InChI=1S/C26H26N2O/c1-5-23(20-11-7-6-8-12-20)29-26-22-14-10-9-13-21(22)25(27-28-26)24-18(3)15-17(2)16-19(24)4/h6-16,23H,5H2,1-4H3. The van der Waals surface area contributed by atoms with Crippen molar-refractivity contribution in [1.82, 2.24) is 10.2 Å². The largest absolute Gasteiger partial charge is 0.468 e. The van der Waals surface area contributed by atoms with Crippen LogP contribution in [0.15, 0.2) is 66.7 Å². The minimum absolute atomic E-state index is 0.0531. The maximum absolute atomic E-state index is 6.36. The Kier molecular flexibility index (Phi) is 5.30. The average Bonchev–Trinajstić information content (AvgIpc) is 2.73. The van der Waals surface area contributed by atoms with Crippen molar-refractivity contribution in [2.24, 2.45) is 0 Å². The third kappa shape index (κ3) is 3.73. The minimum Gasteiger partial charge on any atom is -0.468 e. The lowest BCUT2D eigenvalue weighted by atomic mass is 9.94. The number of fused-ring (bicyclic) bond motifs is 1. The van der Waals surface area contributed by atoms with Gasteiger partial charge >= 0.3 is 0 Å². The number of nitrogens with zero attached hydrogens (tertiary/aromatic N) is 2. The molecule has 3 aromatic carbocycles. The molecule has 1 atom stereocenters. The van der Waals surface area contributed by atoms with Gasteiger partial charge in [-0.15, -0.1) is 10.2 Å². The lowest BCUT2D eigenvalue weighted by Crippen LogP contribution is -2.09. The van der Waals surface area contributed by atoms with Gasteiger partial charge < -0.3 is 4.74 Å². The van der Waals surface area contributed by atoms with Gasteiger partial charge in [0.2, 0.25) is 5.88 Å². The highest BCUT2D eigenvalue weighted by atomic mass is 16.5. The zero-order valence-corrected chi connectivity index (χ0v) is 17.4. The van der Waals surface area contributed by atoms with E-state index in [1.54, 1.807) is 0 Å². The highest BCUT2D eigenvalue weighted by Gasteiger charge is 2.18. The van der Waals surface area contributed by atoms with E-state index in [0.29, 0.717) is 5.88 Å². The van der Waals surface area contributed by atoms with E-state index >= 15 is 0 Å². The molecule has 1 aromatic heterocycles. The maximum Gasteiger partial charge on any atom is 0.242 e. The zero-order chi connectivity index (χ0) is 20.4. The Morgan fingerprint density at radius 2 is 1.41 bits per heavy atom. The first-order chi connectivity index (χ1) is 14.1. The van der Waals surface area contributed by atoms with Gasteiger partial charge in [0.15, 0.2) is 0 Å². The summed E-state index contributed by atoms with van der Waals surface area (Å²) >= 11 is 0. The third-order valence-corrected chi connectivity index (χ3v) is 5.36. The monoisotopic (exact) mass is 382 g/mol. The number of hydrogen-bond acceptors (Lipinski definition) is 3. The molecule has 0 fully saturated rings. The highest BCUT2D eigenvalue weighted by molar-refractivity contribution is 5.98. The fourth-order valence-electron chi connectivity index (χ4n) is 4.09. The van der Waals surface area contributed by atoms with Gasteiger partial charge in [0, 0.05) is 16.3 Å². The van der Waals surface area contributed by atoms with E-state index in [2.05, 4.69) is 74.3 Å². The number of aromatic nitrogens is 2. The molecule has 1 heterocycles. The van der Waals surface area contributed by atoms with Gasteiger partial charge in [0.1, 0.15) is 11.8 Å². The van der Waals surface area contributed by atoms with Gasteiger partial charge in [-0.1, -0.05) is 73.2 Å². The number of rotatable bonds is 5. The predicted octanol–water partition coefficient (Wildman–Crippen LogP) is 6.75. The topological polar surface area (TPSA) is 35.0 Å². The van der Waals surface area contributed by atoms with Crippen molar-refractivity contribution in [2.45, 2.75) is 40.2 Å². The van der Waals surface area contributed by atoms with Crippen LogP contribution >= 0.6 is 0 Å². The second-order valence-corrected chi connectivity index (χ2v) is 7.60. The summed E-state index contributed by atoms with van der Waals surface area (Å²) in [4.78, 5) is 0. The zero-order valence-electron chi connectivity index (χ0n) is 17.4. The van der Waals surface area contributed by atoms with Gasteiger partial charge in [-0.3, -0.25) is 0 Å². The molecule has 1 unspecified atom stereocenters. The van der Waals surface area contributed by atoms with Crippen molar-refractivity contribution in [3.05, 3.63) is 89.0 Å². The summed E-state index contributed by atoms with van der Waals surface area (Å²) in [6.45, 7) is 8.52. The molecular formula is C26H26N2O. The van der Waals surface area contributed by atoms with Crippen LogP contribution in [0.3, 0.4) is 0 Å². The fourth-order valence-corrected chi connectivity index (χ4v) is 4.09. The Hall–Kier alpha value is -3.20. The van der Waals surface area contributed by atoms with Gasteiger partial charge in [-0.2, -0.15) is 0 Å². The number of ether oxygens (including phenoxy) is 1. The molecule has 0 bridgehead atoms. The lowest BCUT2D eigenvalue weighted by molar-refractivity contribution is 0.194. The number of aryl methyl sites for hydroxylation is 3. The summed E-state index contributed by atoms with van der Waals surface area (Å²) in [6.07, 6.45) is 0.806. The second kappa shape index (κ2) is 8.04. The Labute approximate surface area is 172 Å². The molecule has 3 heteroatoms. The molecule has 4 rings (SSSR count). The van der Waals surface area contributed by atoms with Crippen molar-refractivity contribution in [1.29, 1.82) is 0 Å². The van der Waals surface area contributed by atoms with Crippen LogP contribution in [0.2, 0.25) is 0 Å². The molecule has 0 saturated heterocycles. The molecule has 0 N–H and O–H groups in total. The van der Waals surface area contributed by atoms with Crippen LogP contribution in [0.5, 0.6) is 5.88 Å². The number of benzene rings is 3. The van der Waals surface area contributed by atoms with E-state index in [-0.39, 0.29) is 6.10 Å². The molecule has 4 aromatic rings. The second-order valence-electron chi connectivity index (χ2n) is 7.60. The first-order valence-electron chi connectivity index (χ1n) is 10.1. The van der Waals surface area contributed by atoms with Crippen LogP contribution in [0.4, 0.5) is 0 Å². The van der Waals surface area contributed by atoms with Crippen LogP contribution < -0.4 is 4.74 Å². The smallest absolute Gasteiger partial charge is 0.242 e.